The van der Waals surface area contributed by atoms with Crippen molar-refractivity contribution in [1.82, 2.24) is 4.90 Å². The molecule has 0 spiro atoms. The number of amides is 1. The van der Waals surface area contributed by atoms with Crippen molar-refractivity contribution >= 4 is 61.9 Å². The molecule has 0 atom stereocenters. The standard InChI is InChI=1S/C18H13BrN2O3S2/c19-12-3-1-2-4-13(12)20-9-21-17(22)16(26-18(21)25)8-11-5-6-14-15(7-11)24-10-23-14/h1-8,20H,9-10H2/b16-8+. The molecule has 0 radical (unpaired) electrons. The maximum atomic E-state index is 12.7. The van der Waals surface area contributed by atoms with E-state index >= 15 is 0 Å². The molecule has 1 saturated heterocycles. The number of hydrogen-bond donors (Lipinski definition) is 1. The van der Waals surface area contributed by atoms with Gasteiger partial charge in [0.2, 0.25) is 6.79 Å². The molecule has 2 aromatic carbocycles. The molecule has 0 aromatic heterocycles. The van der Waals surface area contributed by atoms with Gasteiger partial charge < -0.3 is 14.8 Å². The van der Waals surface area contributed by atoms with Gasteiger partial charge in [-0.3, -0.25) is 9.69 Å². The third kappa shape index (κ3) is 3.44. The summed E-state index contributed by atoms with van der Waals surface area (Å²) >= 11 is 10.1. The van der Waals surface area contributed by atoms with Gasteiger partial charge in [0.1, 0.15) is 4.32 Å². The number of hydrogen-bond acceptors (Lipinski definition) is 6. The van der Waals surface area contributed by atoms with Gasteiger partial charge in [-0.2, -0.15) is 0 Å². The molecule has 0 aliphatic carbocycles. The first-order valence-corrected chi connectivity index (χ1v) is 9.77. The summed E-state index contributed by atoms with van der Waals surface area (Å²) in [7, 11) is 0. The normalized spacial score (nSPS) is 17.3. The largest absolute Gasteiger partial charge is 0.454 e. The average molecular weight is 449 g/mol. The van der Waals surface area contributed by atoms with Crippen molar-refractivity contribution in [1.29, 1.82) is 0 Å². The van der Waals surface area contributed by atoms with Gasteiger partial charge in [0.05, 0.1) is 11.6 Å². The molecular formula is C18H13BrN2O3S2. The fourth-order valence-electron chi connectivity index (χ4n) is 2.56. The lowest BCUT2D eigenvalue weighted by Crippen LogP contribution is -2.33. The minimum absolute atomic E-state index is 0.114. The predicted molar refractivity (Wildman–Crippen MR) is 110 cm³/mol. The van der Waals surface area contributed by atoms with Gasteiger partial charge in [-0.25, -0.2) is 0 Å². The maximum Gasteiger partial charge on any atom is 0.267 e. The Morgan fingerprint density at radius 1 is 1.23 bits per heavy atom. The summed E-state index contributed by atoms with van der Waals surface area (Å²) in [4.78, 5) is 14.8. The Hall–Kier alpha value is -2.03. The second-order valence-electron chi connectivity index (χ2n) is 5.54. The van der Waals surface area contributed by atoms with Crippen LogP contribution in [0.4, 0.5) is 5.69 Å². The molecule has 1 amide bonds. The lowest BCUT2D eigenvalue weighted by molar-refractivity contribution is -0.121. The average Bonchev–Trinajstić information content (AvgIpc) is 3.19. The number of thioether (sulfide) groups is 1. The summed E-state index contributed by atoms with van der Waals surface area (Å²) in [5, 5.41) is 3.23. The van der Waals surface area contributed by atoms with Gasteiger partial charge in [0.15, 0.2) is 11.5 Å². The minimum Gasteiger partial charge on any atom is -0.454 e. The smallest absolute Gasteiger partial charge is 0.267 e. The number of anilines is 1. The Morgan fingerprint density at radius 2 is 2.04 bits per heavy atom. The summed E-state index contributed by atoms with van der Waals surface area (Å²) in [6.07, 6.45) is 1.82. The molecule has 1 fully saturated rings. The molecule has 8 heteroatoms. The fraction of sp³-hybridized carbons (Fsp3) is 0.111. The third-order valence-corrected chi connectivity index (χ3v) is 5.94. The van der Waals surface area contributed by atoms with Gasteiger partial charge >= 0.3 is 0 Å². The van der Waals surface area contributed by atoms with Crippen molar-refractivity contribution in [2.45, 2.75) is 0 Å². The van der Waals surface area contributed by atoms with Gasteiger partial charge in [0, 0.05) is 10.2 Å². The number of carbonyl (C=O) groups excluding carboxylic acids is 1. The van der Waals surface area contributed by atoms with Crippen LogP contribution >= 0.6 is 39.9 Å². The number of halogens is 1. The summed E-state index contributed by atoms with van der Waals surface area (Å²) in [6.45, 7) is 0.535. The van der Waals surface area contributed by atoms with Crippen molar-refractivity contribution in [2.75, 3.05) is 18.8 Å². The van der Waals surface area contributed by atoms with E-state index in [2.05, 4.69) is 21.2 Å². The molecule has 4 rings (SSSR count). The van der Waals surface area contributed by atoms with Crippen LogP contribution in [0.15, 0.2) is 51.8 Å². The van der Waals surface area contributed by atoms with Crippen molar-refractivity contribution in [3.63, 3.8) is 0 Å². The second-order valence-corrected chi connectivity index (χ2v) is 8.07. The van der Waals surface area contributed by atoms with E-state index in [0.717, 1.165) is 15.7 Å². The number of carbonyl (C=O) groups is 1. The van der Waals surface area contributed by atoms with Crippen LogP contribution in [-0.4, -0.2) is 28.6 Å². The summed E-state index contributed by atoms with van der Waals surface area (Å²) in [5.74, 6) is 1.29. The number of ether oxygens (including phenoxy) is 2. The van der Waals surface area contributed by atoms with Crippen LogP contribution in [0.1, 0.15) is 5.56 Å². The van der Waals surface area contributed by atoms with Crippen molar-refractivity contribution in [3.05, 3.63) is 57.4 Å². The molecule has 2 aliphatic heterocycles. The lowest BCUT2D eigenvalue weighted by Gasteiger charge is -2.16. The highest BCUT2D eigenvalue weighted by atomic mass is 79.9. The van der Waals surface area contributed by atoms with E-state index in [4.69, 9.17) is 21.7 Å². The van der Waals surface area contributed by atoms with Crippen LogP contribution in [0.25, 0.3) is 6.08 Å². The second kappa shape index (κ2) is 7.30. The summed E-state index contributed by atoms with van der Waals surface area (Å²) in [6, 6.07) is 13.3. The Bertz CT molecular complexity index is 932. The van der Waals surface area contributed by atoms with E-state index in [1.807, 2.05) is 48.5 Å². The highest BCUT2D eigenvalue weighted by Crippen LogP contribution is 2.36. The Kier molecular flexibility index (Phi) is 4.88. The zero-order valence-electron chi connectivity index (χ0n) is 13.4. The first-order chi connectivity index (χ1) is 12.6. The SMILES string of the molecule is O=C1/C(=C\c2ccc3c(c2)OCO3)SC(=S)N1CNc1ccccc1Br. The summed E-state index contributed by atoms with van der Waals surface area (Å²) in [5.41, 5.74) is 1.77. The molecule has 2 heterocycles. The van der Waals surface area contributed by atoms with Crippen LogP contribution in [0.2, 0.25) is 0 Å². The first kappa shape index (κ1) is 17.4. The van der Waals surface area contributed by atoms with E-state index in [9.17, 15) is 4.79 Å². The number of rotatable bonds is 4. The zero-order chi connectivity index (χ0) is 18.1. The number of para-hydroxylation sites is 1. The number of nitrogens with one attached hydrogen (secondary N) is 1. The van der Waals surface area contributed by atoms with Crippen molar-refractivity contribution in [2.24, 2.45) is 0 Å². The van der Waals surface area contributed by atoms with Gasteiger partial charge in [-0.15, -0.1) is 0 Å². The number of nitrogens with zero attached hydrogens (tertiary/aromatic N) is 1. The van der Waals surface area contributed by atoms with E-state index < -0.39 is 0 Å². The minimum atomic E-state index is -0.114. The Labute approximate surface area is 168 Å². The quantitative estimate of drug-likeness (QED) is 0.550. The molecule has 2 aliphatic rings. The molecule has 0 unspecified atom stereocenters. The molecule has 0 saturated carbocycles. The first-order valence-electron chi connectivity index (χ1n) is 7.75. The molecule has 26 heavy (non-hydrogen) atoms. The topological polar surface area (TPSA) is 50.8 Å². The van der Waals surface area contributed by atoms with E-state index in [0.29, 0.717) is 27.4 Å². The van der Waals surface area contributed by atoms with Gasteiger partial charge in [-0.05, 0) is 51.8 Å². The molecule has 2 aromatic rings. The van der Waals surface area contributed by atoms with E-state index in [1.54, 1.807) is 4.90 Å². The fourth-order valence-corrected chi connectivity index (χ4v) is 4.24. The van der Waals surface area contributed by atoms with Crippen LogP contribution < -0.4 is 14.8 Å². The third-order valence-electron chi connectivity index (χ3n) is 3.87. The van der Waals surface area contributed by atoms with Crippen molar-refractivity contribution < 1.29 is 14.3 Å². The van der Waals surface area contributed by atoms with Crippen LogP contribution in [0.5, 0.6) is 11.5 Å². The molecule has 1 N–H and O–H groups in total. The highest BCUT2D eigenvalue weighted by molar-refractivity contribution is 9.10. The molecular weight excluding hydrogens is 436 g/mol. The van der Waals surface area contributed by atoms with Gasteiger partial charge in [0.25, 0.3) is 5.91 Å². The monoisotopic (exact) mass is 448 g/mol. The predicted octanol–water partition coefficient (Wildman–Crippen LogP) is 4.45. The lowest BCUT2D eigenvalue weighted by atomic mass is 10.2. The van der Waals surface area contributed by atoms with E-state index in [1.165, 1.54) is 11.8 Å². The maximum absolute atomic E-state index is 12.7. The number of benzene rings is 2. The summed E-state index contributed by atoms with van der Waals surface area (Å²) < 4.78 is 12.1. The van der Waals surface area contributed by atoms with E-state index in [-0.39, 0.29) is 12.7 Å². The highest BCUT2D eigenvalue weighted by Gasteiger charge is 2.32. The molecule has 5 nitrogen and oxygen atoms in total. The Morgan fingerprint density at radius 3 is 2.88 bits per heavy atom. The van der Waals surface area contributed by atoms with Crippen LogP contribution in [0.3, 0.4) is 0 Å². The number of fused-ring (bicyclic) bond motifs is 1. The van der Waals surface area contributed by atoms with Crippen LogP contribution in [-0.2, 0) is 4.79 Å². The number of thiocarbonyl (C=S) groups is 1. The molecule has 132 valence electrons. The van der Waals surface area contributed by atoms with Crippen LogP contribution in [0, 0.1) is 0 Å². The van der Waals surface area contributed by atoms with Gasteiger partial charge in [-0.1, -0.05) is 42.2 Å². The Balaban J connectivity index is 1.49. The molecule has 0 bridgehead atoms. The zero-order valence-corrected chi connectivity index (χ0v) is 16.6. The van der Waals surface area contributed by atoms with Crippen molar-refractivity contribution in [3.8, 4) is 11.5 Å².